The number of carbonyl (C=O) groups excluding carboxylic acids is 3. The Hall–Kier alpha value is -1.59. The van der Waals surface area contributed by atoms with E-state index in [9.17, 15) is 14.4 Å². The molecule has 0 aromatic rings. The third kappa shape index (κ3) is 61.5. The van der Waals surface area contributed by atoms with E-state index in [1.165, 1.54) is 270 Å². The lowest BCUT2D eigenvalue weighted by molar-refractivity contribution is -0.167. The molecule has 0 fully saturated rings. The van der Waals surface area contributed by atoms with Crippen molar-refractivity contribution in [2.75, 3.05) is 13.2 Å². The molecule has 0 N–H and O–H groups in total. The van der Waals surface area contributed by atoms with E-state index in [-0.39, 0.29) is 31.1 Å². The van der Waals surface area contributed by atoms with Crippen LogP contribution in [0.3, 0.4) is 0 Å². The van der Waals surface area contributed by atoms with E-state index in [1.54, 1.807) is 0 Å². The van der Waals surface area contributed by atoms with Crippen molar-refractivity contribution in [3.63, 3.8) is 0 Å². The second kappa shape index (κ2) is 60.1. The summed E-state index contributed by atoms with van der Waals surface area (Å²) >= 11 is 0. The molecule has 0 aliphatic heterocycles. The predicted molar refractivity (Wildman–Crippen MR) is 326 cm³/mol. The molecule has 0 aliphatic carbocycles. The van der Waals surface area contributed by atoms with Crippen LogP contribution in [0.15, 0.2) is 0 Å². The molecule has 1 unspecified atom stereocenters. The molecule has 75 heavy (non-hydrogen) atoms. The molecule has 0 aromatic carbocycles. The van der Waals surface area contributed by atoms with E-state index in [2.05, 4.69) is 41.5 Å². The van der Waals surface area contributed by atoms with Gasteiger partial charge in [0, 0.05) is 19.3 Å². The van der Waals surface area contributed by atoms with Crippen LogP contribution in [0.2, 0.25) is 0 Å². The maximum Gasteiger partial charge on any atom is 0.306 e. The topological polar surface area (TPSA) is 78.9 Å². The van der Waals surface area contributed by atoms with Crippen LogP contribution in [0, 0.1) is 17.8 Å². The second-order valence-electron chi connectivity index (χ2n) is 25.0. The Labute approximate surface area is 469 Å². The van der Waals surface area contributed by atoms with Crippen molar-refractivity contribution in [1.29, 1.82) is 0 Å². The predicted octanol–water partition coefficient (Wildman–Crippen LogP) is 23.0. The Morgan fingerprint density at radius 1 is 0.267 bits per heavy atom. The molecule has 0 saturated heterocycles. The fraction of sp³-hybridized carbons (Fsp3) is 0.957. The highest BCUT2D eigenvalue weighted by Crippen LogP contribution is 2.20. The van der Waals surface area contributed by atoms with Crippen molar-refractivity contribution in [2.24, 2.45) is 17.8 Å². The van der Waals surface area contributed by atoms with Gasteiger partial charge >= 0.3 is 17.9 Å². The van der Waals surface area contributed by atoms with Gasteiger partial charge in [-0.05, 0) is 37.0 Å². The Balaban J connectivity index is 4.28. The van der Waals surface area contributed by atoms with Gasteiger partial charge in [0.05, 0.1) is 0 Å². The largest absolute Gasteiger partial charge is 0.462 e. The van der Waals surface area contributed by atoms with Crippen LogP contribution in [-0.2, 0) is 28.6 Å². The van der Waals surface area contributed by atoms with E-state index >= 15 is 0 Å². The Kier molecular flexibility index (Phi) is 58.8. The van der Waals surface area contributed by atoms with Crippen LogP contribution in [0.1, 0.15) is 388 Å². The fourth-order valence-corrected chi connectivity index (χ4v) is 10.7. The lowest BCUT2D eigenvalue weighted by Gasteiger charge is -2.18. The Morgan fingerprint density at radius 3 is 0.693 bits per heavy atom. The van der Waals surface area contributed by atoms with Crippen LogP contribution >= 0.6 is 0 Å². The van der Waals surface area contributed by atoms with Crippen molar-refractivity contribution in [2.45, 2.75) is 394 Å². The number of unbranched alkanes of at least 4 members (excludes halogenated alkanes) is 44. The van der Waals surface area contributed by atoms with Gasteiger partial charge in [-0.2, -0.15) is 0 Å². The van der Waals surface area contributed by atoms with Gasteiger partial charge in [-0.25, -0.2) is 0 Å². The minimum Gasteiger partial charge on any atom is -0.462 e. The van der Waals surface area contributed by atoms with Crippen LogP contribution in [-0.4, -0.2) is 37.2 Å². The maximum atomic E-state index is 12.9. The summed E-state index contributed by atoms with van der Waals surface area (Å²) in [5.74, 6) is 1.77. The summed E-state index contributed by atoms with van der Waals surface area (Å²) in [4.78, 5) is 38.4. The highest BCUT2D eigenvalue weighted by atomic mass is 16.6. The number of ether oxygens (including phenoxy) is 3. The van der Waals surface area contributed by atoms with Gasteiger partial charge in [0.15, 0.2) is 6.10 Å². The summed E-state index contributed by atoms with van der Waals surface area (Å²) in [5.41, 5.74) is 0. The van der Waals surface area contributed by atoms with Crippen LogP contribution < -0.4 is 0 Å². The minimum atomic E-state index is -0.765. The van der Waals surface area contributed by atoms with Crippen molar-refractivity contribution in [3.05, 3.63) is 0 Å². The molecule has 0 radical (unpaired) electrons. The summed E-state index contributed by atoms with van der Waals surface area (Å²) in [6, 6.07) is 0. The van der Waals surface area contributed by atoms with E-state index in [0.29, 0.717) is 19.3 Å². The number of hydrogen-bond donors (Lipinski definition) is 0. The highest BCUT2D eigenvalue weighted by molar-refractivity contribution is 5.71. The maximum absolute atomic E-state index is 12.9. The molecule has 0 bridgehead atoms. The molecule has 0 amide bonds. The van der Waals surface area contributed by atoms with Gasteiger partial charge in [-0.15, -0.1) is 0 Å². The zero-order chi connectivity index (χ0) is 54.8. The fourth-order valence-electron chi connectivity index (χ4n) is 10.7. The smallest absolute Gasteiger partial charge is 0.306 e. The zero-order valence-electron chi connectivity index (χ0n) is 51.9. The summed E-state index contributed by atoms with van der Waals surface area (Å²) in [6.45, 7) is 13.9. The molecule has 0 spiro atoms. The van der Waals surface area contributed by atoms with Gasteiger partial charge in [-0.1, -0.05) is 350 Å². The first kappa shape index (κ1) is 73.4. The third-order valence-electron chi connectivity index (χ3n) is 16.3. The molecule has 446 valence electrons. The van der Waals surface area contributed by atoms with Gasteiger partial charge in [0.25, 0.3) is 0 Å². The Morgan fingerprint density at radius 2 is 0.467 bits per heavy atom. The van der Waals surface area contributed by atoms with Crippen LogP contribution in [0.5, 0.6) is 0 Å². The van der Waals surface area contributed by atoms with Crippen molar-refractivity contribution in [1.82, 2.24) is 0 Å². The van der Waals surface area contributed by atoms with Crippen LogP contribution in [0.4, 0.5) is 0 Å². The quantitative estimate of drug-likeness (QED) is 0.0343. The first-order valence-electron chi connectivity index (χ1n) is 34.1. The average molecular weight is 1060 g/mol. The summed E-state index contributed by atoms with van der Waals surface area (Å²) in [7, 11) is 0. The molecule has 0 aliphatic rings. The molecule has 0 rings (SSSR count). The summed E-state index contributed by atoms with van der Waals surface area (Å²) in [5, 5.41) is 0. The van der Waals surface area contributed by atoms with E-state index in [4.69, 9.17) is 14.2 Å². The van der Waals surface area contributed by atoms with Crippen molar-refractivity contribution < 1.29 is 28.6 Å². The normalized spacial score (nSPS) is 12.5. The molecular weight excluding hydrogens is 925 g/mol. The lowest BCUT2D eigenvalue weighted by Crippen LogP contribution is -2.30. The van der Waals surface area contributed by atoms with Gasteiger partial charge in [0.2, 0.25) is 0 Å². The molecule has 6 nitrogen and oxygen atoms in total. The van der Waals surface area contributed by atoms with E-state index in [0.717, 1.165) is 75.5 Å². The molecule has 0 saturated carbocycles. The first-order chi connectivity index (χ1) is 36.6. The molecule has 6 heteroatoms. The van der Waals surface area contributed by atoms with Crippen molar-refractivity contribution in [3.8, 4) is 0 Å². The van der Waals surface area contributed by atoms with Crippen LogP contribution in [0.25, 0.3) is 0 Å². The van der Waals surface area contributed by atoms with Gasteiger partial charge < -0.3 is 14.2 Å². The number of esters is 3. The Bertz CT molecular complexity index is 1170. The minimum absolute atomic E-state index is 0.0620. The first-order valence-corrected chi connectivity index (χ1v) is 34.1. The summed E-state index contributed by atoms with van der Waals surface area (Å²) < 4.78 is 17.0. The van der Waals surface area contributed by atoms with E-state index in [1.807, 2.05) is 0 Å². The lowest BCUT2D eigenvalue weighted by atomic mass is 9.99. The standard InChI is InChI=1S/C69H134O6/c1-7-65(6)57-51-45-39-33-27-21-17-18-23-29-35-41-47-53-59-68(71)74-62-66(75-69(72)60-54-48-42-36-30-24-16-12-14-20-26-32-38-44-50-56-64(4)5)61-73-67(70)58-52-46-40-34-28-22-15-11-9-8-10-13-19-25-31-37-43-49-55-63(2)3/h63-66H,7-62H2,1-6H3/t65?,66-/m1/s1. The van der Waals surface area contributed by atoms with Crippen molar-refractivity contribution >= 4 is 17.9 Å². The number of carbonyl (C=O) groups is 3. The zero-order valence-corrected chi connectivity index (χ0v) is 51.9. The SMILES string of the molecule is CCC(C)CCCCCCCCCCCCCCCCC(=O)OC[C@@H](COC(=O)CCCCCCCCCCCCCCCCCCCCC(C)C)OC(=O)CCCCCCCCCCCCCCCCCC(C)C. The molecule has 0 heterocycles. The number of hydrogen-bond acceptors (Lipinski definition) is 6. The molecule has 2 atom stereocenters. The summed E-state index contributed by atoms with van der Waals surface area (Å²) in [6.07, 6.45) is 66.8. The number of rotatable bonds is 62. The third-order valence-corrected chi connectivity index (χ3v) is 16.3. The molecular formula is C69H134O6. The average Bonchev–Trinajstić information content (AvgIpc) is 3.39. The second-order valence-corrected chi connectivity index (χ2v) is 25.0. The van der Waals surface area contributed by atoms with Gasteiger partial charge in [-0.3, -0.25) is 14.4 Å². The monoisotopic (exact) mass is 1060 g/mol. The van der Waals surface area contributed by atoms with Gasteiger partial charge in [0.1, 0.15) is 13.2 Å². The molecule has 0 aromatic heterocycles. The highest BCUT2D eigenvalue weighted by Gasteiger charge is 2.20. The van der Waals surface area contributed by atoms with E-state index < -0.39 is 6.10 Å².